The minimum absolute atomic E-state index is 0.0372. The normalized spacial score (nSPS) is 10.2. The Morgan fingerprint density at radius 2 is 2.32 bits per heavy atom. The lowest BCUT2D eigenvalue weighted by Gasteiger charge is -2.03. The molecular weight excluding hydrogens is 363 g/mol. The number of rotatable bonds is 4. The molecule has 3 N–H and O–H groups in total. The maximum absolute atomic E-state index is 13.2. The summed E-state index contributed by atoms with van der Waals surface area (Å²) in [6, 6.07) is 6.25. The first-order valence-electron chi connectivity index (χ1n) is 7.16. The van der Waals surface area contributed by atoms with Gasteiger partial charge >= 0.3 is 0 Å². The van der Waals surface area contributed by atoms with Gasteiger partial charge in [0.2, 0.25) is 5.91 Å². The summed E-state index contributed by atoms with van der Waals surface area (Å²) in [4.78, 5) is 12.7. The van der Waals surface area contributed by atoms with Crippen LogP contribution >= 0.6 is 22.9 Å². The van der Waals surface area contributed by atoms with E-state index in [0.29, 0.717) is 11.5 Å². The minimum Gasteiger partial charge on any atom is -0.342 e. The summed E-state index contributed by atoms with van der Waals surface area (Å²) >= 11 is 7.23. The Labute approximate surface area is 151 Å². The Kier molecular flexibility index (Phi) is 5.03. The first kappa shape index (κ1) is 17.0. The molecule has 0 aliphatic carbocycles. The predicted molar refractivity (Wildman–Crippen MR) is 98.7 cm³/mol. The molecule has 5 nitrogen and oxygen atoms in total. The van der Waals surface area contributed by atoms with Crippen molar-refractivity contribution in [1.82, 2.24) is 15.5 Å². The molecule has 1 aromatic carbocycles. The van der Waals surface area contributed by atoms with Crippen molar-refractivity contribution in [3.8, 4) is 11.8 Å². The molecule has 0 bridgehead atoms. The monoisotopic (exact) mass is 374 g/mol. The van der Waals surface area contributed by atoms with Crippen LogP contribution in [0.2, 0.25) is 5.02 Å². The van der Waals surface area contributed by atoms with E-state index in [1.54, 1.807) is 6.07 Å². The molecule has 126 valence electrons. The fraction of sp³-hybridized carbons (Fsp3) is 0.0588. The molecule has 0 aliphatic heterocycles. The summed E-state index contributed by atoms with van der Waals surface area (Å²) in [6.45, 7) is 3.61. The summed E-state index contributed by atoms with van der Waals surface area (Å²) in [5, 5.41) is 13.7. The Hall–Kier alpha value is -2.82. The molecule has 0 radical (unpaired) electrons. The molecule has 25 heavy (non-hydrogen) atoms. The minimum atomic E-state index is -0.476. The van der Waals surface area contributed by atoms with Crippen LogP contribution < -0.4 is 10.6 Å². The number of hydrogen-bond acceptors (Lipinski definition) is 4. The number of carbonyl (C=O) groups is 1. The van der Waals surface area contributed by atoms with Gasteiger partial charge < -0.3 is 10.6 Å². The second kappa shape index (κ2) is 7.38. The summed E-state index contributed by atoms with van der Waals surface area (Å²) in [7, 11) is 0. The van der Waals surface area contributed by atoms with Crippen LogP contribution in [0.1, 0.15) is 4.88 Å². The molecule has 2 heterocycles. The molecule has 1 amide bonds. The van der Waals surface area contributed by atoms with Gasteiger partial charge in [-0.3, -0.25) is 9.89 Å². The number of carbonyl (C=O) groups excluding carboxylic acids is 1. The van der Waals surface area contributed by atoms with E-state index >= 15 is 0 Å². The third-order valence-electron chi connectivity index (χ3n) is 3.19. The van der Waals surface area contributed by atoms with Gasteiger partial charge in [-0.15, -0.1) is 11.3 Å². The lowest BCUT2D eigenvalue weighted by Crippen LogP contribution is -2.20. The van der Waals surface area contributed by atoms with Crippen LogP contribution in [-0.2, 0) is 4.79 Å². The number of amides is 1. The van der Waals surface area contributed by atoms with Crippen molar-refractivity contribution < 1.29 is 9.18 Å². The standard InChI is InChI=1S/C17H12ClFN4OS/c1-2-15(24)20-7-3-4-11-9-12-16(22-23-17(12)25-11)21-10-5-6-14(19)13(18)8-10/h2,5-6,8-9H,1,7H2,(H,20,24)(H2,21,22,23). The SMILES string of the molecule is C=CC(=O)NCC#Cc1cc2c(Nc3ccc(F)c(Cl)c3)n[nH]c2s1. The number of hydrogen-bond donors (Lipinski definition) is 3. The molecular formula is C17H12ClFN4OS. The highest BCUT2D eigenvalue weighted by molar-refractivity contribution is 7.19. The molecule has 0 saturated heterocycles. The second-order valence-electron chi connectivity index (χ2n) is 4.90. The van der Waals surface area contributed by atoms with E-state index in [9.17, 15) is 9.18 Å². The van der Waals surface area contributed by atoms with Gasteiger partial charge in [0.05, 0.1) is 21.8 Å². The number of nitrogens with zero attached hydrogens (tertiary/aromatic N) is 1. The molecule has 0 atom stereocenters. The van der Waals surface area contributed by atoms with E-state index in [1.165, 1.54) is 29.5 Å². The first-order chi connectivity index (χ1) is 12.1. The zero-order valence-electron chi connectivity index (χ0n) is 12.8. The lowest BCUT2D eigenvalue weighted by molar-refractivity contribution is -0.116. The van der Waals surface area contributed by atoms with Crippen LogP contribution in [0.15, 0.2) is 36.9 Å². The van der Waals surface area contributed by atoms with Crippen molar-refractivity contribution >= 4 is 50.6 Å². The highest BCUT2D eigenvalue weighted by Gasteiger charge is 2.10. The van der Waals surface area contributed by atoms with Crippen molar-refractivity contribution in [2.75, 3.05) is 11.9 Å². The molecule has 8 heteroatoms. The summed E-state index contributed by atoms with van der Waals surface area (Å²) in [6.07, 6.45) is 1.20. The van der Waals surface area contributed by atoms with E-state index in [-0.39, 0.29) is 17.5 Å². The lowest BCUT2D eigenvalue weighted by atomic mass is 10.3. The molecule has 3 rings (SSSR count). The number of thiophene rings is 1. The van der Waals surface area contributed by atoms with Crippen LogP contribution in [0.3, 0.4) is 0 Å². The maximum Gasteiger partial charge on any atom is 0.244 e. The van der Waals surface area contributed by atoms with E-state index in [0.717, 1.165) is 15.1 Å². The fourth-order valence-electron chi connectivity index (χ4n) is 2.02. The van der Waals surface area contributed by atoms with Crippen molar-refractivity contribution in [1.29, 1.82) is 0 Å². The maximum atomic E-state index is 13.2. The highest BCUT2D eigenvalue weighted by atomic mass is 35.5. The fourth-order valence-corrected chi connectivity index (χ4v) is 3.08. The number of anilines is 2. The summed E-state index contributed by atoms with van der Waals surface area (Å²) in [5.74, 6) is 5.71. The smallest absolute Gasteiger partial charge is 0.244 e. The number of nitrogens with one attached hydrogen (secondary N) is 3. The average Bonchev–Trinajstić information content (AvgIpc) is 3.16. The molecule has 0 saturated carbocycles. The van der Waals surface area contributed by atoms with Crippen molar-refractivity contribution in [3.05, 3.63) is 52.6 Å². The predicted octanol–water partition coefficient (Wildman–Crippen LogP) is 3.81. The van der Waals surface area contributed by atoms with Crippen LogP contribution in [0, 0.1) is 17.7 Å². The molecule has 2 aromatic heterocycles. The van der Waals surface area contributed by atoms with E-state index in [1.807, 2.05) is 6.07 Å². The number of aromatic nitrogens is 2. The van der Waals surface area contributed by atoms with Gasteiger partial charge in [0, 0.05) is 5.69 Å². The summed E-state index contributed by atoms with van der Waals surface area (Å²) < 4.78 is 13.2. The molecule has 0 spiro atoms. The largest absolute Gasteiger partial charge is 0.342 e. The molecule has 0 fully saturated rings. The number of benzene rings is 1. The Balaban J connectivity index is 1.76. The third kappa shape index (κ3) is 3.99. The Morgan fingerprint density at radius 1 is 1.48 bits per heavy atom. The second-order valence-corrected chi connectivity index (χ2v) is 6.36. The molecule has 0 aliphatic rings. The van der Waals surface area contributed by atoms with Gasteiger partial charge in [-0.25, -0.2) is 4.39 Å². The van der Waals surface area contributed by atoms with Gasteiger partial charge in [-0.05, 0) is 30.3 Å². The third-order valence-corrected chi connectivity index (χ3v) is 4.43. The van der Waals surface area contributed by atoms with Gasteiger partial charge in [-0.1, -0.05) is 30.0 Å². The van der Waals surface area contributed by atoms with Gasteiger partial charge in [-0.2, -0.15) is 5.10 Å². The van der Waals surface area contributed by atoms with Crippen LogP contribution in [-0.4, -0.2) is 22.6 Å². The van der Waals surface area contributed by atoms with E-state index in [4.69, 9.17) is 11.6 Å². The van der Waals surface area contributed by atoms with Crippen LogP contribution in [0.5, 0.6) is 0 Å². The zero-order chi connectivity index (χ0) is 17.8. The quantitative estimate of drug-likeness (QED) is 0.480. The summed E-state index contributed by atoms with van der Waals surface area (Å²) in [5.41, 5.74) is 0.630. The number of halogens is 2. The first-order valence-corrected chi connectivity index (χ1v) is 8.35. The van der Waals surface area contributed by atoms with Crippen LogP contribution in [0.4, 0.5) is 15.9 Å². The van der Waals surface area contributed by atoms with Gasteiger partial charge in [0.25, 0.3) is 0 Å². The van der Waals surface area contributed by atoms with Gasteiger partial charge in [0.1, 0.15) is 10.6 Å². The van der Waals surface area contributed by atoms with Crippen LogP contribution in [0.25, 0.3) is 10.2 Å². The number of H-pyrrole nitrogens is 1. The van der Waals surface area contributed by atoms with Crippen molar-refractivity contribution in [2.45, 2.75) is 0 Å². The molecule has 0 unspecified atom stereocenters. The zero-order valence-corrected chi connectivity index (χ0v) is 14.4. The topological polar surface area (TPSA) is 69.8 Å². The molecule has 3 aromatic rings. The number of fused-ring (bicyclic) bond motifs is 1. The van der Waals surface area contributed by atoms with Crippen molar-refractivity contribution in [2.24, 2.45) is 0 Å². The Morgan fingerprint density at radius 3 is 3.08 bits per heavy atom. The Bertz CT molecular complexity index is 1010. The van der Waals surface area contributed by atoms with E-state index in [2.05, 4.69) is 39.3 Å². The number of aromatic amines is 1. The van der Waals surface area contributed by atoms with E-state index < -0.39 is 5.82 Å². The highest BCUT2D eigenvalue weighted by Crippen LogP contribution is 2.31. The average molecular weight is 375 g/mol. The van der Waals surface area contributed by atoms with Crippen molar-refractivity contribution in [3.63, 3.8) is 0 Å². The van der Waals surface area contributed by atoms with Gasteiger partial charge in [0.15, 0.2) is 5.82 Å².